The van der Waals surface area contributed by atoms with E-state index < -0.39 is 10.0 Å². The first-order valence-electron chi connectivity index (χ1n) is 4.91. The number of H-pyrrole nitrogens is 1. The highest BCUT2D eigenvalue weighted by molar-refractivity contribution is 7.89. The number of aromatic amines is 1. The van der Waals surface area contributed by atoms with Crippen molar-refractivity contribution in [1.82, 2.24) is 14.9 Å². The van der Waals surface area contributed by atoms with Gasteiger partial charge >= 0.3 is 0 Å². The second-order valence-electron chi connectivity index (χ2n) is 3.50. The summed E-state index contributed by atoms with van der Waals surface area (Å²) in [6.45, 7) is 0.216. The fourth-order valence-corrected chi connectivity index (χ4v) is 2.21. The highest BCUT2D eigenvalue weighted by Crippen LogP contribution is 2.08. The quantitative estimate of drug-likeness (QED) is 0.688. The molecule has 17 heavy (non-hydrogen) atoms. The van der Waals surface area contributed by atoms with Gasteiger partial charge in [0.25, 0.3) is 0 Å². The molecule has 7 heteroatoms. The number of hydrogen-bond donors (Lipinski definition) is 3. The SMILES string of the molecule is Nc1ccc(CNS(=O)(=O)c2cn[nH]c2)cc1. The summed E-state index contributed by atoms with van der Waals surface area (Å²) in [5, 5.41) is 6.05. The molecule has 4 N–H and O–H groups in total. The van der Waals surface area contributed by atoms with Crippen molar-refractivity contribution in [1.29, 1.82) is 0 Å². The van der Waals surface area contributed by atoms with Gasteiger partial charge in [-0.05, 0) is 17.7 Å². The van der Waals surface area contributed by atoms with Crippen molar-refractivity contribution in [3.8, 4) is 0 Å². The Bertz CT molecular complexity index is 575. The van der Waals surface area contributed by atoms with Crippen molar-refractivity contribution in [3.05, 3.63) is 42.2 Å². The van der Waals surface area contributed by atoms with Gasteiger partial charge in [-0.25, -0.2) is 13.1 Å². The Kier molecular flexibility index (Phi) is 3.12. The summed E-state index contributed by atoms with van der Waals surface area (Å²) in [5.41, 5.74) is 7.02. The molecule has 0 radical (unpaired) electrons. The predicted octanol–water partition coefficient (Wildman–Crippen LogP) is 0.470. The van der Waals surface area contributed by atoms with E-state index in [2.05, 4.69) is 14.9 Å². The van der Waals surface area contributed by atoms with Gasteiger partial charge in [0.15, 0.2) is 0 Å². The van der Waals surface area contributed by atoms with Gasteiger partial charge < -0.3 is 5.73 Å². The Balaban J connectivity index is 2.06. The Morgan fingerprint density at radius 3 is 2.59 bits per heavy atom. The predicted molar refractivity (Wildman–Crippen MR) is 63.5 cm³/mol. The van der Waals surface area contributed by atoms with E-state index in [1.807, 2.05) is 0 Å². The van der Waals surface area contributed by atoms with Crippen molar-refractivity contribution in [3.63, 3.8) is 0 Å². The van der Waals surface area contributed by atoms with Crippen LogP contribution < -0.4 is 10.5 Å². The molecule has 0 aliphatic heterocycles. The number of hydrogen-bond acceptors (Lipinski definition) is 4. The van der Waals surface area contributed by atoms with Gasteiger partial charge in [0.05, 0.1) is 6.20 Å². The number of benzene rings is 1. The van der Waals surface area contributed by atoms with Gasteiger partial charge in [0.1, 0.15) is 4.90 Å². The zero-order chi connectivity index (χ0) is 12.3. The maximum absolute atomic E-state index is 11.7. The van der Waals surface area contributed by atoms with E-state index in [1.54, 1.807) is 24.3 Å². The van der Waals surface area contributed by atoms with Crippen LogP contribution in [0.25, 0.3) is 0 Å². The molecule has 0 aliphatic carbocycles. The van der Waals surface area contributed by atoms with E-state index in [-0.39, 0.29) is 11.4 Å². The lowest BCUT2D eigenvalue weighted by Crippen LogP contribution is -2.22. The average Bonchev–Trinajstić information content (AvgIpc) is 2.82. The van der Waals surface area contributed by atoms with E-state index in [0.717, 1.165) is 5.56 Å². The molecular formula is C10H12N4O2S. The normalized spacial score (nSPS) is 11.5. The molecule has 1 aromatic carbocycles. The van der Waals surface area contributed by atoms with Crippen LogP contribution in [0.5, 0.6) is 0 Å². The van der Waals surface area contributed by atoms with Crippen molar-refractivity contribution in [2.24, 2.45) is 0 Å². The van der Waals surface area contributed by atoms with E-state index in [9.17, 15) is 8.42 Å². The van der Waals surface area contributed by atoms with Crippen LogP contribution in [-0.4, -0.2) is 18.6 Å². The Morgan fingerprint density at radius 2 is 2.00 bits per heavy atom. The minimum Gasteiger partial charge on any atom is -0.399 e. The van der Waals surface area contributed by atoms with Crippen LogP contribution in [0.3, 0.4) is 0 Å². The molecule has 0 unspecified atom stereocenters. The zero-order valence-corrected chi connectivity index (χ0v) is 9.74. The van der Waals surface area contributed by atoms with Crippen LogP contribution >= 0.6 is 0 Å². The Morgan fingerprint density at radius 1 is 1.29 bits per heavy atom. The third-order valence-electron chi connectivity index (χ3n) is 2.23. The Hall–Kier alpha value is -1.86. The summed E-state index contributed by atoms with van der Waals surface area (Å²) < 4.78 is 25.9. The van der Waals surface area contributed by atoms with E-state index in [0.29, 0.717) is 5.69 Å². The number of rotatable bonds is 4. The molecule has 2 aromatic rings. The highest BCUT2D eigenvalue weighted by Gasteiger charge is 2.14. The second kappa shape index (κ2) is 4.56. The fourth-order valence-electron chi connectivity index (χ4n) is 1.28. The van der Waals surface area contributed by atoms with Gasteiger partial charge in [-0.3, -0.25) is 5.10 Å². The van der Waals surface area contributed by atoms with Crippen LogP contribution in [-0.2, 0) is 16.6 Å². The highest BCUT2D eigenvalue weighted by atomic mass is 32.2. The minimum absolute atomic E-state index is 0.118. The summed E-state index contributed by atoms with van der Waals surface area (Å²) in [6, 6.07) is 6.99. The molecule has 90 valence electrons. The van der Waals surface area contributed by atoms with Gasteiger partial charge in [-0.2, -0.15) is 5.10 Å². The summed E-state index contributed by atoms with van der Waals surface area (Å²) in [5.74, 6) is 0. The molecule has 0 amide bonds. The van der Waals surface area contributed by atoms with Crippen molar-refractivity contribution >= 4 is 15.7 Å². The largest absolute Gasteiger partial charge is 0.399 e. The molecule has 0 saturated heterocycles. The first-order chi connectivity index (χ1) is 8.08. The van der Waals surface area contributed by atoms with Crippen LogP contribution in [0.4, 0.5) is 5.69 Å². The van der Waals surface area contributed by atoms with Crippen molar-refractivity contribution in [2.45, 2.75) is 11.4 Å². The molecule has 0 atom stereocenters. The lowest BCUT2D eigenvalue weighted by molar-refractivity contribution is 0.581. The minimum atomic E-state index is -3.50. The first kappa shape index (κ1) is 11.6. The number of sulfonamides is 1. The fraction of sp³-hybridized carbons (Fsp3) is 0.100. The maximum Gasteiger partial charge on any atom is 0.243 e. The van der Waals surface area contributed by atoms with E-state index in [4.69, 9.17) is 5.73 Å². The first-order valence-corrected chi connectivity index (χ1v) is 6.39. The summed E-state index contributed by atoms with van der Waals surface area (Å²) in [4.78, 5) is 0.118. The van der Waals surface area contributed by atoms with Gasteiger partial charge in [0, 0.05) is 18.4 Å². The summed E-state index contributed by atoms with van der Waals surface area (Å²) in [6.07, 6.45) is 2.58. The molecule has 0 aliphatic rings. The molecule has 0 spiro atoms. The molecular weight excluding hydrogens is 240 g/mol. The molecule has 1 heterocycles. The number of nitrogen functional groups attached to an aromatic ring is 1. The third-order valence-corrected chi connectivity index (χ3v) is 3.60. The second-order valence-corrected chi connectivity index (χ2v) is 5.27. The van der Waals surface area contributed by atoms with Crippen molar-refractivity contribution in [2.75, 3.05) is 5.73 Å². The zero-order valence-electron chi connectivity index (χ0n) is 8.92. The van der Waals surface area contributed by atoms with Gasteiger partial charge in [-0.1, -0.05) is 12.1 Å². The topological polar surface area (TPSA) is 101 Å². The van der Waals surface area contributed by atoms with E-state index >= 15 is 0 Å². The molecule has 0 bridgehead atoms. The summed E-state index contributed by atoms with van der Waals surface area (Å²) in [7, 11) is -3.50. The van der Waals surface area contributed by atoms with E-state index in [1.165, 1.54) is 12.4 Å². The van der Waals surface area contributed by atoms with Crippen LogP contribution in [0.15, 0.2) is 41.6 Å². The number of nitrogens with zero attached hydrogens (tertiary/aromatic N) is 1. The number of anilines is 1. The third kappa shape index (κ3) is 2.83. The smallest absolute Gasteiger partial charge is 0.243 e. The summed E-state index contributed by atoms with van der Waals surface area (Å²) >= 11 is 0. The Labute approximate surface area is 98.9 Å². The van der Waals surface area contributed by atoms with Gasteiger partial charge in [-0.15, -0.1) is 0 Å². The standard InChI is InChI=1S/C10H12N4O2S/c11-9-3-1-8(2-4-9)5-14-17(15,16)10-6-12-13-7-10/h1-4,6-7,14H,5,11H2,(H,12,13). The molecule has 1 aromatic heterocycles. The lowest BCUT2D eigenvalue weighted by atomic mass is 10.2. The van der Waals surface area contributed by atoms with Crippen molar-refractivity contribution < 1.29 is 8.42 Å². The molecule has 6 nitrogen and oxygen atoms in total. The number of aromatic nitrogens is 2. The van der Waals surface area contributed by atoms with Crippen LogP contribution in [0.1, 0.15) is 5.56 Å². The average molecular weight is 252 g/mol. The molecule has 2 rings (SSSR count). The molecule has 0 fully saturated rings. The maximum atomic E-state index is 11.7. The van der Waals surface area contributed by atoms with Crippen LogP contribution in [0.2, 0.25) is 0 Å². The monoisotopic (exact) mass is 252 g/mol. The number of nitrogens with one attached hydrogen (secondary N) is 2. The van der Waals surface area contributed by atoms with Gasteiger partial charge in [0.2, 0.25) is 10.0 Å². The van der Waals surface area contributed by atoms with Crippen LogP contribution in [0, 0.1) is 0 Å². The molecule has 0 saturated carbocycles. The lowest BCUT2D eigenvalue weighted by Gasteiger charge is -2.04. The number of nitrogens with two attached hydrogens (primary N) is 1.